The molecule has 1 aliphatic rings. The van der Waals surface area contributed by atoms with E-state index in [-0.39, 0.29) is 40.4 Å². The van der Waals surface area contributed by atoms with E-state index in [1.807, 2.05) is 44.7 Å². The van der Waals surface area contributed by atoms with Gasteiger partial charge in [0, 0.05) is 47.8 Å². The average Bonchev–Trinajstić information content (AvgIpc) is 3.01. The van der Waals surface area contributed by atoms with E-state index >= 15 is 4.39 Å². The fraction of sp³-hybridized carbons (Fsp3) is 0.265. The second-order valence-electron chi connectivity index (χ2n) is 11.6. The van der Waals surface area contributed by atoms with Gasteiger partial charge in [-0.2, -0.15) is 4.98 Å². The number of carbonyl (C=O) groups is 1. The molecule has 1 atom stereocenters. The highest BCUT2D eigenvalue weighted by Crippen LogP contribution is 2.36. The maximum Gasteiger partial charge on any atom is 0.442 e. The lowest BCUT2D eigenvalue weighted by Crippen LogP contribution is -2.54. The number of pyridine rings is 2. The van der Waals surface area contributed by atoms with Gasteiger partial charge in [-0.3, -0.25) is 9.78 Å². The molecule has 4 heterocycles. The van der Waals surface area contributed by atoms with Crippen LogP contribution in [0.1, 0.15) is 37.9 Å². The van der Waals surface area contributed by atoms with Crippen molar-refractivity contribution in [2.45, 2.75) is 39.7 Å². The SMILES string of the molecule is C=CC(=O)N1CCN(c2nc(=O)n(-c3c(C)ccnc3C(C)C)c3c2cc(F)c(-c2cccc4cccc(Cl)c24)[n+]3[O-])[C@@H](C)C1. The number of rotatable bonds is 5. The molecule has 0 aliphatic carbocycles. The first kappa shape index (κ1) is 30.2. The maximum atomic E-state index is 16.4. The smallest absolute Gasteiger partial charge is 0.442 e. The Balaban J connectivity index is 1.71. The van der Waals surface area contributed by atoms with Gasteiger partial charge in [-0.1, -0.05) is 56.3 Å². The van der Waals surface area contributed by atoms with Gasteiger partial charge >= 0.3 is 11.3 Å². The molecule has 0 bridgehead atoms. The topological polar surface area (TPSA) is 98.3 Å². The quantitative estimate of drug-likeness (QED) is 0.141. The number of hydrogen-bond donors (Lipinski definition) is 0. The largest absolute Gasteiger partial charge is 0.710 e. The number of piperazine rings is 1. The molecule has 0 saturated carbocycles. The summed E-state index contributed by atoms with van der Waals surface area (Å²) in [5.41, 5.74) is 0.961. The summed E-state index contributed by atoms with van der Waals surface area (Å²) >= 11 is 6.60. The summed E-state index contributed by atoms with van der Waals surface area (Å²) in [7, 11) is 0. The van der Waals surface area contributed by atoms with Crippen molar-refractivity contribution < 1.29 is 13.9 Å². The van der Waals surface area contributed by atoms with Gasteiger partial charge in [-0.25, -0.2) is 13.9 Å². The number of halogens is 2. The maximum absolute atomic E-state index is 16.4. The van der Waals surface area contributed by atoms with Gasteiger partial charge in [0.05, 0.1) is 5.69 Å². The number of aryl methyl sites for hydroxylation is 1. The number of aromatic nitrogens is 4. The summed E-state index contributed by atoms with van der Waals surface area (Å²) in [5, 5.41) is 16.5. The third kappa shape index (κ3) is 4.99. The molecule has 6 rings (SSSR count). The van der Waals surface area contributed by atoms with Crippen LogP contribution >= 0.6 is 11.6 Å². The third-order valence-electron chi connectivity index (χ3n) is 8.40. The Morgan fingerprint density at radius 3 is 2.62 bits per heavy atom. The van der Waals surface area contributed by atoms with E-state index < -0.39 is 11.5 Å². The van der Waals surface area contributed by atoms with Crippen LogP contribution in [-0.4, -0.2) is 51.0 Å². The van der Waals surface area contributed by atoms with Gasteiger partial charge in [0.15, 0.2) is 23.0 Å². The highest BCUT2D eigenvalue weighted by Gasteiger charge is 2.34. The monoisotopic (exact) mass is 626 g/mol. The zero-order valence-corrected chi connectivity index (χ0v) is 26.2. The molecule has 2 aromatic carbocycles. The second kappa shape index (κ2) is 11.6. The predicted octanol–water partition coefficient (Wildman–Crippen LogP) is 5.68. The van der Waals surface area contributed by atoms with E-state index in [9.17, 15) is 14.8 Å². The molecule has 1 fully saturated rings. The van der Waals surface area contributed by atoms with Crippen LogP contribution in [-0.2, 0) is 4.79 Å². The normalized spacial score (nSPS) is 15.3. The Labute approximate surface area is 264 Å². The van der Waals surface area contributed by atoms with Gasteiger partial charge in [-0.15, -0.1) is 4.57 Å². The van der Waals surface area contributed by atoms with E-state index in [4.69, 9.17) is 11.6 Å². The van der Waals surface area contributed by atoms with Crippen molar-refractivity contribution in [3.8, 4) is 16.9 Å². The molecule has 0 N–H and O–H groups in total. The summed E-state index contributed by atoms with van der Waals surface area (Å²) < 4.78 is 18.2. The highest BCUT2D eigenvalue weighted by atomic mass is 35.5. The van der Waals surface area contributed by atoms with Crippen molar-refractivity contribution in [2.75, 3.05) is 24.5 Å². The molecular weight excluding hydrogens is 595 g/mol. The van der Waals surface area contributed by atoms with E-state index in [1.165, 1.54) is 16.7 Å². The molecule has 9 nitrogen and oxygen atoms in total. The number of fused-ring (bicyclic) bond motifs is 2. The van der Waals surface area contributed by atoms with Gasteiger partial charge in [-0.05, 0) is 61.1 Å². The summed E-state index contributed by atoms with van der Waals surface area (Å²) in [6.07, 6.45) is 2.92. The standard InChI is InChI=1S/C34H32ClFN6O3/c1-6-27(43)39-15-16-40(21(5)18-39)32-24-17-26(36)31(23-11-7-9-22-10-8-12-25(35)28(22)23)42(45)33(24)41(34(44)38-32)30-20(4)13-14-37-29(30)19(2)3/h6-14,17,19,21H,1,15-16,18H2,2-5H3/t21-/m0/s1. The minimum Gasteiger partial charge on any atom is -0.710 e. The zero-order chi connectivity index (χ0) is 32.2. The van der Waals surface area contributed by atoms with Crippen molar-refractivity contribution in [1.29, 1.82) is 0 Å². The summed E-state index contributed by atoms with van der Waals surface area (Å²) in [4.78, 5) is 39.0. The zero-order valence-electron chi connectivity index (χ0n) is 25.4. The van der Waals surface area contributed by atoms with Crippen LogP contribution < -0.4 is 15.3 Å². The number of carbonyl (C=O) groups excluding carboxylic acids is 1. The lowest BCUT2D eigenvalue weighted by Gasteiger charge is -2.40. The molecule has 45 heavy (non-hydrogen) atoms. The van der Waals surface area contributed by atoms with Gasteiger partial charge in [0.1, 0.15) is 5.39 Å². The Hall–Kier alpha value is -4.83. The molecule has 1 amide bonds. The minimum absolute atomic E-state index is 0.0831. The van der Waals surface area contributed by atoms with Crippen molar-refractivity contribution in [2.24, 2.45) is 0 Å². The van der Waals surface area contributed by atoms with Gasteiger partial charge < -0.3 is 15.0 Å². The van der Waals surface area contributed by atoms with Crippen molar-refractivity contribution in [3.05, 3.63) is 105 Å². The molecule has 1 saturated heterocycles. The number of benzene rings is 2. The fourth-order valence-electron chi connectivity index (χ4n) is 6.28. The number of nitrogens with zero attached hydrogens (tertiary/aromatic N) is 6. The van der Waals surface area contributed by atoms with Crippen LogP contribution in [0.4, 0.5) is 10.2 Å². The highest BCUT2D eigenvalue weighted by molar-refractivity contribution is 6.36. The average molecular weight is 627 g/mol. The van der Waals surface area contributed by atoms with Gasteiger partial charge in [0.25, 0.3) is 0 Å². The third-order valence-corrected chi connectivity index (χ3v) is 8.71. The van der Waals surface area contributed by atoms with E-state index in [1.54, 1.807) is 41.4 Å². The summed E-state index contributed by atoms with van der Waals surface area (Å²) in [5.74, 6) is -0.930. The second-order valence-corrected chi connectivity index (χ2v) is 12.0. The first-order chi connectivity index (χ1) is 21.5. The predicted molar refractivity (Wildman–Crippen MR) is 174 cm³/mol. The first-order valence-corrected chi connectivity index (χ1v) is 15.1. The number of anilines is 1. The Bertz CT molecular complexity index is 2070. The molecular formula is C34H32ClFN6O3. The van der Waals surface area contributed by atoms with Crippen LogP contribution in [0.25, 0.3) is 38.8 Å². The molecule has 5 aromatic rings. The Kier molecular flexibility index (Phi) is 7.78. The first-order valence-electron chi connectivity index (χ1n) is 14.7. The molecule has 230 valence electrons. The molecule has 1 aliphatic heterocycles. The molecule has 0 spiro atoms. The van der Waals surface area contributed by atoms with Crippen molar-refractivity contribution in [3.63, 3.8) is 0 Å². The number of hydrogen-bond acceptors (Lipinski definition) is 6. The van der Waals surface area contributed by atoms with Crippen LogP contribution in [0.3, 0.4) is 0 Å². The van der Waals surface area contributed by atoms with E-state index in [0.717, 1.165) is 5.39 Å². The fourth-order valence-corrected chi connectivity index (χ4v) is 6.56. The Morgan fingerprint density at radius 2 is 1.93 bits per heavy atom. The summed E-state index contributed by atoms with van der Waals surface area (Å²) in [6, 6.07) is 13.3. The molecule has 0 radical (unpaired) electrons. The van der Waals surface area contributed by atoms with E-state index in [0.29, 0.717) is 57.3 Å². The molecule has 0 unspecified atom stereocenters. The van der Waals surface area contributed by atoms with Crippen LogP contribution in [0.15, 0.2) is 72.2 Å². The summed E-state index contributed by atoms with van der Waals surface area (Å²) in [6.45, 7) is 12.2. The van der Waals surface area contributed by atoms with Crippen LogP contribution in [0, 0.1) is 17.9 Å². The van der Waals surface area contributed by atoms with Crippen LogP contribution in [0.2, 0.25) is 5.02 Å². The van der Waals surface area contributed by atoms with Crippen LogP contribution in [0.5, 0.6) is 0 Å². The lowest BCUT2D eigenvalue weighted by molar-refractivity contribution is -0.569. The molecule has 11 heteroatoms. The molecule has 3 aromatic heterocycles. The van der Waals surface area contributed by atoms with E-state index in [2.05, 4.69) is 16.5 Å². The van der Waals surface area contributed by atoms with Gasteiger partial charge in [0.2, 0.25) is 5.91 Å². The minimum atomic E-state index is -0.793. The van der Waals surface area contributed by atoms with Crippen molar-refractivity contribution >= 4 is 45.1 Å². The Morgan fingerprint density at radius 1 is 1.20 bits per heavy atom. The lowest BCUT2D eigenvalue weighted by atomic mass is 10.0. The number of amides is 1. The van der Waals surface area contributed by atoms with Crippen molar-refractivity contribution in [1.82, 2.24) is 19.4 Å².